The standard InChI is InChI=1S/C32H38F6N6O2.ClH/c1-3-43(17-20-8-10-22(11-9-20)29(45)46)28-15-24-7-5-4-6-23(24)14-25(28)19-44(30-39-41-42(2)40-30)18-21-12-26(31(33,34)35)16-27(13-21)32(36,37)38;/h12-16,20,22H,3-11,17-19H2,1-2H3,(H,45,46);1H. The predicted octanol–water partition coefficient (Wildman–Crippen LogP) is 7.47. The zero-order chi connectivity index (χ0) is 33.2. The van der Waals surface area contributed by atoms with E-state index in [4.69, 9.17) is 0 Å². The molecule has 258 valence electrons. The van der Waals surface area contributed by atoms with Crippen LogP contribution in [0.3, 0.4) is 0 Å². The lowest BCUT2D eigenvalue weighted by Gasteiger charge is -2.35. The molecule has 0 saturated heterocycles. The van der Waals surface area contributed by atoms with Gasteiger partial charge in [-0.3, -0.25) is 4.79 Å². The molecule has 0 radical (unpaired) electrons. The third kappa shape index (κ3) is 8.88. The topological polar surface area (TPSA) is 87.4 Å². The number of nitrogens with zero attached hydrogens (tertiary/aromatic N) is 6. The van der Waals surface area contributed by atoms with Gasteiger partial charge in [0, 0.05) is 31.9 Å². The van der Waals surface area contributed by atoms with Crippen molar-refractivity contribution in [2.75, 3.05) is 22.9 Å². The first-order valence-electron chi connectivity index (χ1n) is 15.6. The van der Waals surface area contributed by atoms with Crippen molar-refractivity contribution in [1.82, 2.24) is 20.2 Å². The highest BCUT2D eigenvalue weighted by Gasteiger charge is 2.37. The van der Waals surface area contributed by atoms with Crippen molar-refractivity contribution in [2.45, 2.75) is 83.7 Å². The summed E-state index contributed by atoms with van der Waals surface area (Å²) in [7, 11) is 1.53. The number of rotatable bonds is 10. The van der Waals surface area contributed by atoms with Crippen molar-refractivity contribution >= 4 is 30.0 Å². The molecule has 0 spiro atoms. The van der Waals surface area contributed by atoms with Crippen LogP contribution >= 0.6 is 12.4 Å². The number of anilines is 2. The molecule has 0 unspecified atom stereocenters. The van der Waals surface area contributed by atoms with Crippen molar-refractivity contribution in [3.63, 3.8) is 0 Å². The molecule has 2 aromatic carbocycles. The zero-order valence-corrected chi connectivity index (χ0v) is 27.1. The van der Waals surface area contributed by atoms with Crippen LogP contribution in [0.2, 0.25) is 0 Å². The normalized spacial score (nSPS) is 18.3. The molecule has 3 aromatic rings. The van der Waals surface area contributed by atoms with Gasteiger partial charge in [0.25, 0.3) is 5.95 Å². The maximum atomic E-state index is 13.7. The minimum Gasteiger partial charge on any atom is -0.481 e. The average molecular weight is 689 g/mol. The Labute approximate surface area is 275 Å². The van der Waals surface area contributed by atoms with Gasteiger partial charge in [-0.15, -0.1) is 17.5 Å². The Bertz CT molecular complexity index is 1500. The lowest BCUT2D eigenvalue weighted by molar-refractivity contribution is -0.144. The van der Waals surface area contributed by atoms with E-state index in [0.29, 0.717) is 31.8 Å². The van der Waals surface area contributed by atoms with Crippen LogP contribution in [0.5, 0.6) is 0 Å². The Morgan fingerprint density at radius 3 is 2.00 bits per heavy atom. The second kappa shape index (κ2) is 14.7. The average Bonchev–Trinajstić information content (AvgIpc) is 3.44. The van der Waals surface area contributed by atoms with Crippen LogP contribution in [-0.2, 0) is 50.1 Å². The number of aryl methyl sites for hydroxylation is 3. The summed E-state index contributed by atoms with van der Waals surface area (Å²) in [6, 6.07) is 5.87. The summed E-state index contributed by atoms with van der Waals surface area (Å²) in [4.78, 5) is 16.5. The summed E-state index contributed by atoms with van der Waals surface area (Å²) >= 11 is 0. The number of fused-ring (bicyclic) bond motifs is 1. The number of hydrogen-bond acceptors (Lipinski definition) is 6. The van der Waals surface area contributed by atoms with Gasteiger partial charge < -0.3 is 14.9 Å². The van der Waals surface area contributed by atoms with E-state index < -0.39 is 29.4 Å². The van der Waals surface area contributed by atoms with Gasteiger partial charge >= 0.3 is 18.3 Å². The molecule has 0 atom stereocenters. The van der Waals surface area contributed by atoms with E-state index in [9.17, 15) is 36.2 Å². The number of carbonyl (C=O) groups is 1. The Morgan fingerprint density at radius 2 is 1.49 bits per heavy atom. The lowest BCUT2D eigenvalue weighted by atomic mass is 9.81. The summed E-state index contributed by atoms with van der Waals surface area (Å²) in [5, 5.41) is 21.6. The van der Waals surface area contributed by atoms with Crippen LogP contribution in [0.15, 0.2) is 30.3 Å². The van der Waals surface area contributed by atoms with Crippen molar-refractivity contribution in [3.05, 3.63) is 63.7 Å². The van der Waals surface area contributed by atoms with Crippen LogP contribution in [0.25, 0.3) is 0 Å². The summed E-state index contributed by atoms with van der Waals surface area (Å²) in [5.41, 5.74) is 1.26. The summed E-state index contributed by atoms with van der Waals surface area (Å²) in [5.74, 6) is -0.716. The number of alkyl halides is 6. The fourth-order valence-corrected chi connectivity index (χ4v) is 6.68. The number of aromatic nitrogens is 4. The second-order valence-electron chi connectivity index (χ2n) is 12.4. The molecule has 47 heavy (non-hydrogen) atoms. The van der Waals surface area contributed by atoms with Gasteiger partial charge in [-0.1, -0.05) is 11.2 Å². The van der Waals surface area contributed by atoms with Gasteiger partial charge in [-0.2, -0.15) is 31.1 Å². The predicted molar refractivity (Wildman–Crippen MR) is 166 cm³/mol. The first-order chi connectivity index (χ1) is 21.7. The molecular formula is C32H39ClF6N6O2. The number of carboxylic acids is 1. The zero-order valence-electron chi connectivity index (χ0n) is 26.2. The number of hydrogen-bond donors (Lipinski definition) is 1. The number of tetrazole rings is 1. The van der Waals surface area contributed by atoms with Gasteiger partial charge in [0.05, 0.1) is 24.1 Å². The molecule has 0 bridgehead atoms. The smallest absolute Gasteiger partial charge is 0.416 e. The molecule has 1 aromatic heterocycles. The van der Waals surface area contributed by atoms with Gasteiger partial charge in [0.15, 0.2) is 0 Å². The van der Waals surface area contributed by atoms with E-state index in [1.807, 2.05) is 6.92 Å². The largest absolute Gasteiger partial charge is 0.481 e. The van der Waals surface area contributed by atoms with Gasteiger partial charge in [-0.05, 0) is 116 Å². The first kappa shape index (κ1) is 36.3. The fraction of sp³-hybridized carbons (Fsp3) is 0.562. The Kier molecular flexibility index (Phi) is 11.3. The minimum absolute atomic E-state index is 0. The first-order valence-corrected chi connectivity index (χ1v) is 15.6. The molecule has 1 heterocycles. The summed E-state index contributed by atoms with van der Waals surface area (Å²) < 4.78 is 82.1. The molecule has 1 fully saturated rings. The van der Waals surface area contributed by atoms with E-state index in [2.05, 4.69) is 32.4 Å². The Hall–Kier alpha value is -3.55. The quantitative estimate of drug-likeness (QED) is 0.221. The summed E-state index contributed by atoms with van der Waals surface area (Å²) in [6.45, 7) is 3.21. The summed E-state index contributed by atoms with van der Waals surface area (Å²) in [6.07, 6.45) is -3.23. The number of aliphatic carboxylic acids is 1. The highest BCUT2D eigenvalue weighted by Crippen LogP contribution is 2.38. The fourth-order valence-electron chi connectivity index (χ4n) is 6.68. The highest BCUT2D eigenvalue weighted by atomic mass is 35.5. The van der Waals surface area contributed by atoms with E-state index in [-0.39, 0.29) is 49.0 Å². The number of halogens is 7. The number of benzene rings is 2. The third-order valence-electron chi connectivity index (χ3n) is 9.10. The van der Waals surface area contributed by atoms with E-state index in [0.717, 1.165) is 61.9 Å². The third-order valence-corrected chi connectivity index (χ3v) is 9.10. The molecule has 2 aliphatic rings. The van der Waals surface area contributed by atoms with Gasteiger partial charge in [0.2, 0.25) is 0 Å². The molecule has 0 aliphatic heterocycles. The van der Waals surface area contributed by atoms with E-state index in [1.165, 1.54) is 23.0 Å². The van der Waals surface area contributed by atoms with Crippen molar-refractivity contribution in [2.24, 2.45) is 18.9 Å². The monoisotopic (exact) mass is 688 g/mol. The van der Waals surface area contributed by atoms with E-state index in [1.54, 1.807) is 4.90 Å². The Morgan fingerprint density at radius 1 is 0.894 bits per heavy atom. The highest BCUT2D eigenvalue weighted by molar-refractivity contribution is 5.85. The molecule has 5 rings (SSSR count). The maximum absolute atomic E-state index is 13.7. The lowest BCUT2D eigenvalue weighted by Crippen LogP contribution is -2.34. The van der Waals surface area contributed by atoms with Crippen LogP contribution < -0.4 is 9.80 Å². The molecule has 0 amide bonds. The molecule has 1 N–H and O–H groups in total. The SMILES string of the molecule is CCN(CC1CCC(C(=O)O)CC1)c1cc2c(cc1CN(Cc1cc(C(F)(F)F)cc(C(F)(F)F)c1)c1nnn(C)n1)CCCC2.Cl. The number of carboxylic acid groups (broad SMARTS) is 1. The molecule has 15 heteroatoms. The molecule has 1 saturated carbocycles. The van der Waals surface area contributed by atoms with Gasteiger partial charge in [0.1, 0.15) is 0 Å². The van der Waals surface area contributed by atoms with E-state index >= 15 is 0 Å². The maximum Gasteiger partial charge on any atom is 0.416 e. The molecular weight excluding hydrogens is 650 g/mol. The molecule has 8 nitrogen and oxygen atoms in total. The Balaban J connectivity index is 0.00000500. The minimum atomic E-state index is -4.97. The van der Waals surface area contributed by atoms with Crippen molar-refractivity contribution in [1.29, 1.82) is 0 Å². The molecule has 2 aliphatic carbocycles. The second-order valence-corrected chi connectivity index (χ2v) is 12.4. The van der Waals surface area contributed by atoms with Crippen LogP contribution in [0.4, 0.5) is 38.0 Å². The van der Waals surface area contributed by atoms with Crippen LogP contribution in [-0.4, -0.2) is 44.4 Å². The van der Waals surface area contributed by atoms with Crippen LogP contribution in [0, 0.1) is 11.8 Å². The van der Waals surface area contributed by atoms with Crippen molar-refractivity contribution < 1.29 is 36.2 Å². The van der Waals surface area contributed by atoms with Crippen LogP contribution in [0.1, 0.15) is 78.8 Å². The van der Waals surface area contributed by atoms with Gasteiger partial charge in [-0.25, -0.2) is 0 Å². The van der Waals surface area contributed by atoms with Crippen molar-refractivity contribution in [3.8, 4) is 0 Å².